The van der Waals surface area contributed by atoms with Crippen LogP contribution in [0.25, 0.3) is 22.0 Å². The summed E-state index contributed by atoms with van der Waals surface area (Å²) in [5, 5.41) is 7.00. The van der Waals surface area contributed by atoms with E-state index in [1.165, 1.54) is 16.8 Å². The number of hydrogen-bond donors (Lipinski definition) is 2. The second kappa shape index (κ2) is 12.1. The highest BCUT2D eigenvalue weighted by Crippen LogP contribution is 2.29. The molecule has 0 radical (unpaired) electrons. The predicted molar refractivity (Wildman–Crippen MR) is 172 cm³/mol. The molecule has 1 unspecified atom stereocenters. The normalized spacial score (nSPS) is 12.0. The lowest BCUT2D eigenvalue weighted by atomic mass is 9.98. The van der Waals surface area contributed by atoms with E-state index in [-0.39, 0.29) is 17.9 Å². The monoisotopic (exact) mass is 557 g/mol. The second-order valence-electron chi connectivity index (χ2n) is 11.4. The molecule has 1 atom stereocenters. The van der Waals surface area contributed by atoms with Crippen molar-refractivity contribution in [3.05, 3.63) is 130 Å². The van der Waals surface area contributed by atoms with Gasteiger partial charge in [0.1, 0.15) is 0 Å². The van der Waals surface area contributed by atoms with E-state index in [0.29, 0.717) is 23.6 Å². The molecule has 42 heavy (non-hydrogen) atoms. The quantitative estimate of drug-likeness (QED) is 0.203. The van der Waals surface area contributed by atoms with Gasteiger partial charge in [-0.05, 0) is 84.3 Å². The van der Waals surface area contributed by atoms with E-state index in [4.69, 9.17) is 0 Å². The third-order valence-electron chi connectivity index (χ3n) is 8.33. The maximum atomic E-state index is 13.3. The van der Waals surface area contributed by atoms with Gasteiger partial charge < -0.3 is 15.2 Å². The third-order valence-corrected chi connectivity index (χ3v) is 8.33. The van der Waals surface area contributed by atoms with Crippen LogP contribution in [0.15, 0.2) is 91.0 Å². The lowest BCUT2D eigenvalue weighted by molar-refractivity contribution is 0.0937. The third kappa shape index (κ3) is 5.73. The Kier molecular flexibility index (Phi) is 8.30. The first-order valence-electron chi connectivity index (χ1n) is 14.6. The van der Waals surface area contributed by atoms with Crippen molar-refractivity contribution >= 4 is 22.7 Å². The topological polar surface area (TPSA) is 63.1 Å². The smallest absolute Gasteiger partial charge is 0.251 e. The maximum Gasteiger partial charge on any atom is 0.251 e. The van der Waals surface area contributed by atoms with Gasteiger partial charge in [0.05, 0.1) is 6.04 Å². The summed E-state index contributed by atoms with van der Waals surface area (Å²) in [5.41, 5.74) is 10.2. The number of amides is 2. The molecular formula is C37H39N3O2. The summed E-state index contributed by atoms with van der Waals surface area (Å²) in [6, 6.07) is 30.4. The number of benzene rings is 4. The zero-order valence-electron chi connectivity index (χ0n) is 25.3. The number of aromatic nitrogens is 1. The Hall–Kier alpha value is -4.64. The van der Waals surface area contributed by atoms with Gasteiger partial charge in [-0.25, -0.2) is 0 Å². The minimum Gasteiger partial charge on any atom is -0.355 e. The fraction of sp³-hybridized carbons (Fsp3) is 0.243. The van der Waals surface area contributed by atoms with Crippen molar-refractivity contribution in [3.63, 3.8) is 0 Å². The Morgan fingerprint density at radius 3 is 2.21 bits per heavy atom. The molecule has 5 nitrogen and oxygen atoms in total. The lowest BCUT2D eigenvalue weighted by Crippen LogP contribution is -2.26. The van der Waals surface area contributed by atoms with E-state index in [0.717, 1.165) is 33.2 Å². The summed E-state index contributed by atoms with van der Waals surface area (Å²) < 4.78 is 2.31. The van der Waals surface area contributed by atoms with Gasteiger partial charge in [-0.3, -0.25) is 9.59 Å². The number of rotatable bonds is 8. The van der Waals surface area contributed by atoms with E-state index >= 15 is 0 Å². The number of nitrogens with zero attached hydrogens (tertiary/aromatic N) is 1. The van der Waals surface area contributed by atoms with Crippen LogP contribution in [-0.4, -0.2) is 23.4 Å². The molecule has 1 heterocycles. The second-order valence-corrected chi connectivity index (χ2v) is 11.4. The summed E-state index contributed by atoms with van der Waals surface area (Å²) in [7, 11) is 1.65. The molecular weight excluding hydrogens is 518 g/mol. The zero-order valence-corrected chi connectivity index (χ0v) is 25.3. The molecule has 5 heteroatoms. The standard InChI is InChI=1S/C37H39N3O2/c1-23(2)29-10-9-11-30(20-29)25(4)39-36(41)31-18-19-35-34(21-31)24(3)26(5)40(35)22-27-14-16-28(17-15-27)32-12-7-8-13-33(32)37(42)38-6/h7-21,23,25H,22H2,1-6H3,(H,38,42)(H,39,41). The minimum absolute atomic E-state index is 0.0724. The molecule has 0 bridgehead atoms. The van der Waals surface area contributed by atoms with E-state index in [2.05, 4.69) is 97.5 Å². The van der Waals surface area contributed by atoms with Gasteiger partial charge in [-0.2, -0.15) is 0 Å². The number of carbonyl (C=O) groups excluding carboxylic acids is 2. The first kappa shape index (κ1) is 28.9. The molecule has 4 aromatic carbocycles. The summed E-state index contributed by atoms with van der Waals surface area (Å²) >= 11 is 0. The molecule has 5 aromatic rings. The van der Waals surface area contributed by atoms with E-state index < -0.39 is 0 Å². The summed E-state index contributed by atoms with van der Waals surface area (Å²) in [4.78, 5) is 25.6. The van der Waals surface area contributed by atoms with Crippen LogP contribution in [0.4, 0.5) is 0 Å². The van der Waals surface area contributed by atoms with Crippen LogP contribution < -0.4 is 10.6 Å². The van der Waals surface area contributed by atoms with Crippen molar-refractivity contribution in [1.82, 2.24) is 15.2 Å². The number of aryl methyl sites for hydroxylation is 1. The highest BCUT2D eigenvalue weighted by molar-refractivity contribution is 6.01. The Labute approximate surface area is 248 Å². The molecule has 0 saturated heterocycles. The fourth-order valence-electron chi connectivity index (χ4n) is 5.59. The first-order valence-corrected chi connectivity index (χ1v) is 14.6. The SMILES string of the molecule is CNC(=O)c1ccccc1-c1ccc(Cn2c(C)c(C)c3cc(C(=O)NC(C)c4cccc(C(C)C)c4)ccc32)cc1. The van der Waals surface area contributed by atoms with Crippen LogP contribution in [0.5, 0.6) is 0 Å². The average molecular weight is 558 g/mol. The van der Waals surface area contributed by atoms with Crippen LogP contribution in [0.2, 0.25) is 0 Å². The van der Waals surface area contributed by atoms with Crippen molar-refractivity contribution in [2.45, 2.75) is 53.1 Å². The molecule has 0 spiro atoms. The van der Waals surface area contributed by atoms with Gasteiger partial charge in [-0.15, -0.1) is 0 Å². The van der Waals surface area contributed by atoms with Crippen LogP contribution in [0, 0.1) is 13.8 Å². The molecule has 0 aliphatic rings. The van der Waals surface area contributed by atoms with E-state index in [1.807, 2.05) is 43.3 Å². The number of fused-ring (bicyclic) bond motifs is 1. The fourth-order valence-corrected chi connectivity index (χ4v) is 5.59. The van der Waals surface area contributed by atoms with Crippen molar-refractivity contribution in [3.8, 4) is 11.1 Å². The molecule has 0 aliphatic carbocycles. The van der Waals surface area contributed by atoms with Crippen molar-refractivity contribution in [2.24, 2.45) is 0 Å². The van der Waals surface area contributed by atoms with Crippen LogP contribution in [0.3, 0.4) is 0 Å². The highest BCUT2D eigenvalue weighted by Gasteiger charge is 2.17. The molecule has 2 amide bonds. The Balaban J connectivity index is 1.37. The Bertz CT molecular complexity index is 1760. The van der Waals surface area contributed by atoms with Crippen LogP contribution in [0.1, 0.15) is 81.4 Å². The summed E-state index contributed by atoms with van der Waals surface area (Å²) in [6.07, 6.45) is 0. The van der Waals surface area contributed by atoms with Gasteiger partial charge in [-0.1, -0.05) is 80.6 Å². The average Bonchev–Trinajstić information content (AvgIpc) is 3.25. The molecule has 0 saturated carbocycles. The largest absolute Gasteiger partial charge is 0.355 e. The van der Waals surface area contributed by atoms with Crippen molar-refractivity contribution in [2.75, 3.05) is 7.05 Å². The molecule has 0 fully saturated rings. The van der Waals surface area contributed by atoms with Crippen molar-refractivity contribution < 1.29 is 9.59 Å². The predicted octanol–water partition coefficient (Wildman–Crippen LogP) is 7.95. The van der Waals surface area contributed by atoms with E-state index in [9.17, 15) is 9.59 Å². The summed E-state index contributed by atoms with van der Waals surface area (Å²) in [6.45, 7) is 11.4. The molecule has 1 aromatic heterocycles. The minimum atomic E-state index is -0.0950. The highest BCUT2D eigenvalue weighted by atomic mass is 16.2. The maximum absolute atomic E-state index is 13.3. The van der Waals surface area contributed by atoms with Crippen LogP contribution in [-0.2, 0) is 6.54 Å². The van der Waals surface area contributed by atoms with Crippen LogP contribution >= 0.6 is 0 Å². The number of nitrogens with one attached hydrogen (secondary N) is 2. The lowest BCUT2D eigenvalue weighted by Gasteiger charge is -2.16. The van der Waals surface area contributed by atoms with Gasteiger partial charge >= 0.3 is 0 Å². The van der Waals surface area contributed by atoms with Crippen molar-refractivity contribution in [1.29, 1.82) is 0 Å². The first-order chi connectivity index (χ1) is 20.2. The Morgan fingerprint density at radius 2 is 1.50 bits per heavy atom. The summed E-state index contributed by atoms with van der Waals surface area (Å²) in [5.74, 6) is 0.272. The Morgan fingerprint density at radius 1 is 0.786 bits per heavy atom. The molecule has 0 aliphatic heterocycles. The number of hydrogen-bond acceptors (Lipinski definition) is 2. The zero-order chi connectivity index (χ0) is 30.0. The molecule has 2 N–H and O–H groups in total. The molecule has 5 rings (SSSR count). The van der Waals surface area contributed by atoms with Gasteiger partial charge in [0.25, 0.3) is 11.8 Å². The van der Waals surface area contributed by atoms with Gasteiger partial charge in [0, 0.05) is 41.3 Å². The van der Waals surface area contributed by atoms with Gasteiger partial charge in [0.15, 0.2) is 0 Å². The van der Waals surface area contributed by atoms with Gasteiger partial charge in [0.2, 0.25) is 0 Å². The van der Waals surface area contributed by atoms with E-state index in [1.54, 1.807) is 7.05 Å². The number of carbonyl (C=O) groups is 2. The molecule has 214 valence electrons.